The second kappa shape index (κ2) is 7.94. The minimum Gasteiger partial charge on any atom is -0.342 e. The van der Waals surface area contributed by atoms with Crippen LogP contribution in [0.25, 0.3) is 11.3 Å². The Hall–Kier alpha value is -2.96. The second-order valence-electron chi connectivity index (χ2n) is 9.13. The van der Waals surface area contributed by atoms with Crippen molar-refractivity contribution in [2.45, 2.75) is 45.1 Å². The summed E-state index contributed by atoms with van der Waals surface area (Å²) in [5.41, 5.74) is 3.02. The van der Waals surface area contributed by atoms with Crippen molar-refractivity contribution in [3.8, 4) is 11.3 Å². The summed E-state index contributed by atoms with van der Waals surface area (Å²) in [5.74, 6) is 0.625. The zero-order chi connectivity index (χ0) is 21.5. The first-order valence-corrected chi connectivity index (χ1v) is 11.3. The molecule has 3 aliphatic rings. The molecule has 162 valence electrons. The van der Waals surface area contributed by atoms with Crippen molar-refractivity contribution in [2.75, 3.05) is 26.2 Å². The third-order valence-corrected chi connectivity index (χ3v) is 6.95. The van der Waals surface area contributed by atoms with Crippen LogP contribution in [0.15, 0.2) is 35.3 Å². The number of carbonyl (C=O) groups is 2. The van der Waals surface area contributed by atoms with Gasteiger partial charge in [0.05, 0.1) is 11.3 Å². The zero-order valence-electron chi connectivity index (χ0n) is 17.9. The van der Waals surface area contributed by atoms with E-state index in [1.807, 2.05) is 32.6 Å². The largest absolute Gasteiger partial charge is 0.342 e. The molecule has 2 saturated heterocycles. The molecule has 5 rings (SSSR count). The molecule has 2 aromatic rings. The van der Waals surface area contributed by atoms with Gasteiger partial charge in [-0.2, -0.15) is 0 Å². The van der Waals surface area contributed by atoms with E-state index in [0.717, 1.165) is 50.2 Å². The molecule has 0 aromatic carbocycles. The van der Waals surface area contributed by atoms with E-state index in [-0.39, 0.29) is 23.3 Å². The molecular formula is C24H28N4O3. The van der Waals surface area contributed by atoms with Crippen molar-refractivity contribution in [1.82, 2.24) is 19.4 Å². The van der Waals surface area contributed by atoms with E-state index in [4.69, 9.17) is 0 Å². The molecule has 2 bridgehead atoms. The van der Waals surface area contributed by atoms with Gasteiger partial charge in [-0.3, -0.25) is 19.4 Å². The van der Waals surface area contributed by atoms with Crippen LogP contribution in [0.5, 0.6) is 0 Å². The minimum absolute atomic E-state index is 0.0197. The van der Waals surface area contributed by atoms with Gasteiger partial charge in [-0.25, -0.2) is 0 Å². The molecule has 2 fully saturated rings. The lowest BCUT2D eigenvalue weighted by Crippen LogP contribution is -2.48. The van der Waals surface area contributed by atoms with Crippen molar-refractivity contribution in [3.05, 3.63) is 52.1 Å². The second-order valence-corrected chi connectivity index (χ2v) is 9.13. The predicted molar refractivity (Wildman–Crippen MR) is 117 cm³/mol. The van der Waals surface area contributed by atoms with Gasteiger partial charge >= 0.3 is 0 Å². The van der Waals surface area contributed by atoms with E-state index in [1.54, 1.807) is 19.2 Å². The fraction of sp³-hybridized carbons (Fsp3) is 0.500. The van der Waals surface area contributed by atoms with Crippen molar-refractivity contribution >= 4 is 11.8 Å². The quantitative estimate of drug-likeness (QED) is 0.748. The van der Waals surface area contributed by atoms with Gasteiger partial charge in [0.25, 0.3) is 11.5 Å². The van der Waals surface area contributed by atoms with E-state index in [9.17, 15) is 14.4 Å². The topological polar surface area (TPSA) is 75.5 Å². The molecule has 2 aromatic heterocycles. The van der Waals surface area contributed by atoms with Crippen LogP contribution in [-0.4, -0.2) is 57.3 Å². The Morgan fingerprint density at radius 1 is 1.00 bits per heavy atom. The highest BCUT2D eigenvalue weighted by atomic mass is 16.2. The van der Waals surface area contributed by atoms with E-state index >= 15 is 0 Å². The first-order chi connectivity index (χ1) is 15.0. The first kappa shape index (κ1) is 20.0. The Balaban J connectivity index is 1.42. The Morgan fingerprint density at radius 3 is 2.52 bits per heavy atom. The van der Waals surface area contributed by atoms with Gasteiger partial charge in [0.2, 0.25) is 5.91 Å². The number of amides is 2. The van der Waals surface area contributed by atoms with Crippen LogP contribution in [0, 0.1) is 5.92 Å². The van der Waals surface area contributed by atoms with Gasteiger partial charge in [-0.1, -0.05) is 0 Å². The van der Waals surface area contributed by atoms with Crippen LogP contribution in [0.1, 0.15) is 54.6 Å². The van der Waals surface area contributed by atoms with Gasteiger partial charge < -0.3 is 14.4 Å². The predicted octanol–water partition coefficient (Wildman–Crippen LogP) is 2.50. The van der Waals surface area contributed by atoms with E-state index in [1.165, 1.54) is 6.42 Å². The SMILES string of the molecule is CC(=O)N1C[C@@H]2C[C@H](C1)c1cc(-c3ccc(C(=O)N4CCCCC4)cn3)cc(=O)n1C2. The normalized spacial score (nSPS) is 22.7. The summed E-state index contributed by atoms with van der Waals surface area (Å²) in [7, 11) is 0. The van der Waals surface area contributed by atoms with Crippen molar-refractivity contribution in [3.63, 3.8) is 0 Å². The van der Waals surface area contributed by atoms with E-state index in [2.05, 4.69) is 4.98 Å². The fourth-order valence-corrected chi connectivity index (χ4v) is 5.33. The number of fused-ring (bicyclic) bond motifs is 4. The molecule has 0 N–H and O–H groups in total. The van der Waals surface area contributed by atoms with Gasteiger partial charge in [-0.05, 0) is 49.8 Å². The third-order valence-electron chi connectivity index (χ3n) is 6.95. The van der Waals surface area contributed by atoms with Gasteiger partial charge in [-0.15, -0.1) is 0 Å². The number of carbonyl (C=O) groups excluding carboxylic acids is 2. The Bertz CT molecular complexity index is 1070. The number of pyridine rings is 2. The maximum Gasteiger partial charge on any atom is 0.255 e. The molecule has 0 spiro atoms. The molecule has 0 saturated carbocycles. The highest BCUT2D eigenvalue weighted by Crippen LogP contribution is 2.36. The van der Waals surface area contributed by atoms with E-state index in [0.29, 0.717) is 30.3 Å². The summed E-state index contributed by atoms with van der Waals surface area (Å²) >= 11 is 0. The molecule has 2 atom stereocenters. The van der Waals surface area contributed by atoms with Gasteiger partial charge in [0, 0.05) is 69.1 Å². The molecule has 7 heteroatoms. The van der Waals surface area contributed by atoms with Gasteiger partial charge in [0.1, 0.15) is 0 Å². The summed E-state index contributed by atoms with van der Waals surface area (Å²) in [6.45, 7) is 5.27. The number of piperidine rings is 2. The fourth-order valence-electron chi connectivity index (χ4n) is 5.33. The molecule has 0 radical (unpaired) electrons. The van der Waals surface area contributed by atoms with E-state index < -0.39 is 0 Å². The van der Waals surface area contributed by atoms with Crippen LogP contribution < -0.4 is 5.56 Å². The Labute approximate surface area is 181 Å². The molecule has 0 unspecified atom stereocenters. The molecule has 2 amide bonds. The highest BCUT2D eigenvalue weighted by molar-refractivity contribution is 5.94. The lowest BCUT2D eigenvalue weighted by Gasteiger charge is -2.42. The number of nitrogens with zero attached hydrogens (tertiary/aromatic N) is 4. The summed E-state index contributed by atoms with van der Waals surface area (Å²) in [6.07, 6.45) is 5.92. The average Bonchev–Trinajstić information content (AvgIpc) is 2.79. The van der Waals surface area contributed by atoms with Crippen LogP contribution in [-0.2, 0) is 11.3 Å². The minimum atomic E-state index is -0.0197. The number of hydrogen-bond acceptors (Lipinski definition) is 4. The number of aromatic nitrogens is 2. The Morgan fingerprint density at radius 2 is 1.81 bits per heavy atom. The maximum atomic E-state index is 12.9. The number of rotatable bonds is 2. The Kier molecular flexibility index (Phi) is 5.12. The van der Waals surface area contributed by atoms with Crippen LogP contribution in [0.3, 0.4) is 0 Å². The van der Waals surface area contributed by atoms with Crippen molar-refractivity contribution in [1.29, 1.82) is 0 Å². The lowest BCUT2D eigenvalue weighted by molar-refractivity contribution is -0.131. The summed E-state index contributed by atoms with van der Waals surface area (Å²) in [6, 6.07) is 7.32. The van der Waals surface area contributed by atoms with Gasteiger partial charge in [0.15, 0.2) is 0 Å². The smallest absolute Gasteiger partial charge is 0.255 e. The standard InChI is InChI=1S/C24H28N4O3/c1-16(29)27-13-17-9-20(15-27)22-10-19(11-23(30)28(22)14-17)21-6-5-18(12-25-21)24(31)26-7-3-2-4-8-26/h5-6,10-12,17,20H,2-4,7-9,13-15H2,1H3/t17-,20+/m0/s1. The summed E-state index contributed by atoms with van der Waals surface area (Å²) in [4.78, 5) is 45.8. The molecule has 3 aliphatic heterocycles. The van der Waals surface area contributed by atoms with Crippen molar-refractivity contribution in [2.24, 2.45) is 5.92 Å². The molecule has 0 aliphatic carbocycles. The zero-order valence-corrected chi connectivity index (χ0v) is 17.9. The first-order valence-electron chi connectivity index (χ1n) is 11.3. The number of likely N-dealkylation sites (tertiary alicyclic amines) is 2. The number of hydrogen-bond donors (Lipinski definition) is 0. The monoisotopic (exact) mass is 420 g/mol. The lowest BCUT2D eigenvalue weighted by atomic mass is 9.82. The summed E-state index contributed by atoms with van der Waals surface area (Å²) in [5, 5.41) is 0. The average molecular weight is 421 g/mol. The molecular weight excluding hydrogens is 392 g/mol. The maximum absolute atomic E-state index is 12.9. The summed E-state index contributed by atoms with van der Waals surface area (Å²) < 4.78 is 1.87. The highest BCUT2D eigenvalue weighted by Gasteiger charge is 2.35. The van der Waals surface area contributed by atoms with Crippen LogP contribution in [0.4, 0.5) is 0 Å². The van der Waals surface area contributed by atoms with Crippen molar-refractivity contribution < 1.29 is 9.59 Å². The molecule has 5 heterocycles. The molecule has 7 nitrogen and oxygen atoms in total. The third kappa shape index (κ3) is 3.77. The molecule has 31 heavy (non-hydrogen) atoms. The van der Waals surface area contributed by atoms with Crippen LogP contribution in [0.2, 0.25) is 0 Å². The van der Waals surface area contributed by atoms with Crippen LogP contribution >= 0.6 is 0 Å².